The van der Waals surface area contributed by atoms with Gasteiger partial charge in [-0.05, 0) is 25.0 Å². The molecule has 1 aliphatic rings. The fraction of sp³-hybridized carbons (Fsp3) is 0.533. The fourth-order valence-electron chi connectivity index (χ4n) is 2.60. The van der Waals surface area contributed by atoms with Crippen LogP contribution in [0.5, 0.6) is 0 Å². The van der Waals surface area contributed by atoms with Crippen LogP contribution in [-0.4, -0.2) is 33.3 Å². The molecule has 7 heteroatoms. The van der Waals surface area contributed by atoms with E-state index in [1.165, 1.54) is 6.33 Å². The number of nitrogens with zero attached hydrogens (tertiary/aromatic N) is 3. The van der Waals surface area contributed by atoms with Crippen LogP contribution in [-0.2, 0) is 14.3 Å². The minimum Gasteiger partial charge on any atom is -0.463 e. The molecular weight excluding hydrogens is 284 g/mol. The third-order valence-electron chi connectivity index (χ3n) is 3.83. The van der Waals surface area contributed by atoms with Gasteiger partial charge in [-0.15, -0.1) is 0 Å². The molecule has 0 aromatic carbocycles. The largest absolute Gasteiger partial charge is 0.463 e. The predicted molar refractivity (Wildman–Crippen MR) is 80.0 cm³/mol. The van der Waals surface area contributed by atoms with Gasteiger partial charge in [-0.2, -0.15) is 5.10 Å². The van der Waals surface area contributed by atoms with E-state index in [4.69, 9.17) is 15.2 Å². The number of nitrogen functional groups attached to an aromatic ring is 1. The van der Waals surface area contributed by atoms with Crippen molar-refractivity contribution in [3.63, 3.8) is 0 Å². The third kappa shape index (κ3) is 2.76. The zero-order chi connectivity index (χ0) is 15.7. The summed E-state index contributed by atoms with van der Waals surface area (Å²) in [5, 5.41) is 4.23. The third-order valence-corrected chi connectivity index (χ3v) is 3.83. The highest BCUT2D eigenvalue weighted by Gasteiger charge is 2.30. The second-order valence-electron chi connectivity index (χ2n) is 5.81. The zero-order valence-electron chi connectivity index (χ0n) is 12.7. The lowest BCUT2D eigenvalue weighted by Gasteiger charge is -2.14. The van der Waals surface area contributed by atoms with Crippen LogP contribution in [0.4, 0.5) is 5.82 Å². The standard InChI is InChI=1S/C15H20N4O3/c1-9(2)15(20)21-7-10-3-6-13(22-10)11-4-5-12-14(16)17-8-18-19(11)12/h4-5,8-10,13H,3,6-7H2,1-2H3,(H2,16,17,18)/t10-,13+/m0/s1. The summed E-state index contributed by atoms with van der Waals surface area (Å²) < 4.78 is 13.0. The Bertz CT molecular complexity index is 682. The molecule has 7 nitrogen and oxygen atoms in total. The Morgan fingerprint density at radius 3 is 3.09 bits per heavy atom. The highest BCUT2D eigenvalue weighted by molar-refractivity contribution is 5.71. The van der Waals surface area contributed by atoms with Gasteiger partial charge in [0.05, 0.1) is 17.7 Å². The van der Waals surface area contributed by atoms with Crippen molar-refractivity contribution in [3.05, 3.63) is 24.2 Å². The van der Waals surface area contributed by atoms with Gasteiger partial charge in [0.15, 0.2) is 5.82 Å². The van der Waals surface area contributed by atoms with E-state index in [2.05, 4.69) is 10.1 Å². The smallest absolute Gasteiger partial charge is 0.308 e. The maximum absolute atomic E-state index is 11.5. The maximum Gasteiger partial charge on any atom is 0.308 e. The van der Waals surface area contributed by atoms with Gasteiger partial charge in [0, 0.05) is 0 Å². The van der Waals surface area contributed by atoms with Gasteiger partial charge in [-0.25, -0.2) is 9.50 Å². The summed E-state index contributed by atoms with van der Waals surface area (Å²) in [6.07, 6.45) is 3.00. The number of fused-ring (bicyclic) bond motifs is 1. The molecule has 118 valence electrons. The van der Waals surface area contributed by atoms with E-state index in [1.807, 2.05) is 26.0 Å². The Balaban J connectivity index is 1.67. The summed E-state index contributed by atoms with van der Waals surface area (Å²) in [7, 11) is 0. The van der Waals surface area contributed by atoms with Crippen LogP contribution in [0.1, 0.15) is 38.5 Å². The quantitative estimate of drug-likeness (QED) is 0.865. The number of aromatic nitrogens is 3. The van der Waals surface area contributed by atoms with E-state index in [0.29, 0.717) is 12.4 Å². The summed E-state index contributed by atoms with van der Waals surface area (Å²) >= 11 is 0. The Labute approximate surface area is 128 Å². The van der Waals surface area contributed by atoms with Crippen molar-refractivity contribution in [2.75, 3.05) is 12.3 Å². The predicted octanol–water partition coefficient (Wildman–Crippen LogP) is 1.73. The second-order valence-corrected chi connectivity index (χ2v) is 5.81. The first kappa shape index (κ1) is 14.8. The average molecular weight is 304 g/mol. The summed E-state index contributed by atoms with van der Waals surface area (Å²) in [4.78, 5) is 15.5. The van der Waals surface area contributed by atoms with Crippen LogP contribution in [0.2, 0.25) is 0 Å². The number of esters is 1. The summed E-state index contributed by atoms with van der Waals surface area (Å²) in [5.74, 6) is 0.133. The number of hydrogen-bond acceptors (Lipinski definition) is 6. The lowest BCUT2D eigenvalue weighted by molar-refractivity contribution is -0.151. The number of anilines is 1. The summed E-state index contributed by atoms with van der Waals surface area (Å²) in [6, 6.07) is 3.84. The number of hydrogen-bond donors (Lipinski definition) is 1. The van der Waals surface area contributed by atoms with Crippen molar-refractivity contribution in [2.45, 2.75) is 38.9 Å². The molecule has 2 N–H and O–H groups in total. The molecule has 1 saturated heterocycles. The van der Waals surface area contributed by atoms with Crippen LogP contribution < -0.4 is 5.73 Å². The molecule has 0 radical (unpaired) electrons. The summed E-state index contributed by atoms with van der Waals surface area (Å²) in [6.45, 7) is 3.93. The lowest BCUT2D eigenvalue weighted by atomic mass is 10.1. The normalized spacial score (nSPS) is 21.6. The molecular formula is C15H20N4O3. The van der Waals surface area contributed by atoms with E-state index in [0.717, 1.165) is 24.1 Å². The van der Waals surface area contributed by atoms with Crippen molar-refractivity contribution >= 4 is 17.3 Å². The number of carbonyl (C=O) groups is 1. The molecule has 0 amide bonds. The minimum atomic E-state index is -0.194. The van der Waals surface area contributed by atoms with E-state index in [1.54, 1.807) is 4.52 Å². The van der Waals surface area contributed by atoms with E-state index in [-0.39, 0.29) is 24.1 Å². The van der Waals surface area contributed by atoms with Gasteiger partial charge in [0.1, 0.15) is 24.6 Å². The van der Waals surface area contributed by atoms with Crippen LogP contribution in [0.3, 0.4) is 0 Å². The highest BCUT2D eigenvalue weighted by Crippen LogP contribution is 2.33. The molecule has 0 saturated carbocycles. The molecule has 3 rings (SSSR count). The number of carbonyl (C=O) groups excluding carboxylic acids is 1. The molecule has 2 aromatic rings. The Kier molecular flexibility index (Phi) is 3.98. The average Bonchev–Trinajstić information content (AvgIpc) is 3.11. The summed E-state index contributed by atoms with van der Waals surface area (Å²) in [5.41, 5.74) is 7.55. The second kappa shape index (κ2) is 5.92. The first-order valence-electron chi connectivity index (χ1n) is 7.46. The fourth-order valence-corrected chi connectivity index (χ4v) is 2.60. The molecule has 0 spiro atoms. The van der Waals surface area contributed by atoms with E-state index in [9.17, 15) is 4.79 Å². The van der Waals surface area contributed by atoms with Gasteiger partial charge < -0.3 is 15.2 Å². The lowest BCUT2D eigenvalue weighted by Crippen LogP contribution is -2.21. The molecule has 3 heterocycles. The monoisotopic (exact) mass is 304 g/mol. The van der Waals surface area contributed by atoms with E-state index >= 15 is 0 Å². The van der Waals surface area contributed by atoms with Crippen LogP contribution >= 0.6 is 0 Å². The number of ether oxygens (including phenoxy) is 2. The first-order chi connectivity index (χ1) is 10.6. The van der Waals surface area contributed by atoms with Crippen molar-refractivity contribution in [1.29, 1.82) is 0 Å². The van der Waals surface area contributed by atoms with Gasteiger partial charge in [-0.3, -0.25) is 4.79 Å². The Morgan fingerprint density at radius 2 is 2.32 bits per heavy atom. The van der Waals surface area contributed by atoms with Gasteiger partial charge >= 0.3 is 5.97 Å². The minimum absolute atomic E-state index is 0.0699. The molecule has 1 aliphatic heterocycles. The van der Waals surface area contributed by atoms with Crippen molar-refractivity contribution in [1.82, 2.24) is 14.6 Å². The topological polar surface area (TPSA) is 91.7 Å². The molecule has 1 fully saturated rings. The number of rotatable bonds is 4. The molecule has 0 aliphatic carbocycles. The van der Waals surface area contributed by atoms with Crippen LogP contribution in [0.15, 0.2) is 18.5 Å². The maximum atomic E-state index is 11.5. The molecule has 0 bridgehead atoms. The van der Waals surface area contributed by atoms with Gasteiger partial charge in [-0.1, -0.05) is 13.8 Å². The highest BCUT2D eigenvalue weighted by atomic mass is 16.6. The molecule has 2 aromatic heterocycles. The van der Waals surface area contributed by atoms with Gasteiger partial charge in [0.25, 0.3) is 0 Å². The van der Waals surface area contributed by atoms with Gasteiger partial charge in [0.2, 0.25) is 0 Å². The molecule has 2 atom stereocenters. The Morgan fingerprint density at radius 1 is 1.50 bits per heavy atom. The van der Waals surface area contributed by atoms with Crippen LogP contribution in [0.25, 0.3) is 5.52 Å². The Hall–Kier alpha value is -2.15. The SMILES string of the molecule is CC(C)C(=O)OC[C@@H]1CC[C@H](c2ccc3c(N)ncnn23)O1. The van der Waals surface area contributed by atoms with Crippen molar-refractivity contribution < 1.29 is 14.3 Å². The van der Waals surface area contributed by atoms with E-state index < -0.39 is 0 Å². The number of nitrogens with two attached hydrogens (primary N) is 1. The van der Waals surface area contributed by atoms with Crippen molar-refractivity contribution in [2.24, 2.45) is 5.92 Å². The first-order valence-corrected chi connectivity index (χ1v) is 7.46. The molecule has 22 heavy (non-hydrogen) atoms. The van der Waals surface area contributed by atoms with Crippen molar-refractivity contribution in [3.8, 4) is 0 Å². The zero-order valence-corrected chi connectivity index (χ0v) is 12.7. The van der Waals surface area contributed by atoms with Crippen LogP contribution in [0, 0.1) is 5.92 Å². The molecule has 0 unspecified atom stereocenters.